The Bertz CT molecular complexity index is 1280. The van der Waals surface area contributed by atoms with Gasteiger partial charge >= 0.3 is 6.03 Å². The van der Waals surface area contributed by atoms with Gasteiger partial charge in [0.1, 0.15) is 11.7 Å². The Morgan fingerprint density at radius 2 is 1.75 bits per heavy atom. The van der Waals surface area contributed by atoms with Crippen LogP contribution in [0.3, 0.4) is 0 Å². The van der Waals surface area contributed by atoms with Crippen molar-refractivity contribution in [2.75, 3.05) is 6.54 Å². The van der Waals surface area contributed by atoms with Crippen molar-refractivity contribution in [3.05, 3.63) is 74.6 Å². The highest BCUT2D eigenvalue weighted by atomic mass is 35.5. The van der Waals surface area contributed by atoms with Crippen LogP contribution in [-0.4, -0.2) is 33.2 Å². The fourth-order valence-corrected chi connectivity index (χ4v) is 4.34. The zero-order valence-electron chi connectivity index (χ0n) is 16.3. The van der Waals surface area contributed by atoms with Crippen molar-refractivity contribution in [2.45, 2.75) is 12.6 Å². The summed E-state index contributed by atoms with van der Waals surface area (Å²) in [6, 6.07) is 9.65. The van der Waals surface area contributed by atoms with Gasteiger partial charge in [-0.05, 0) is 29.8 Å². The summed E-state index contributed by atoms with van der Waals surface area (Å²) >= 11 is 11.9. The van der Waals surface area contributed by atoms with Gasteiger partial charge in [0.15, 0.2) is 5.82 Å². The van der Waals surface area contributed by atoms with Crippen molar-refractivity contribution in [3.8, 4) is 17.3 Å². The van der Waals surface area contributed by atoms with E-state index in [1.165, 1.54) is 17.0 Å². The number of nitrogens with zero attached hydrogens (tertiary/aromatic N) is 4. The van der Waals surface area contributed by atoms with Crippen LogP contribution in [0.25, 0.3) is 11.3 Å². The second-order valence-corrected chi connectivity index (χ2v) is 7.93. The number of urea groups is 1. The van der Waals surface area contributed by atoms with Gasteiger partial charge < -0.3 is 16.4 Å². The highest BCUT2D eigenvalue weighted by molar-refractivity contribution is 6.35. The van der Waals surface area contributed by atoms with Gasteiger partial charge in [-0.25, -0.2) is 9.18 Å². The number of hydrogen-bond acceptors (Lipinski definition) is 4. The Hall–Kier alpha value is -3.61. The van der Waals surface area contributed by atoms with Gasteiger partial charge in [-0.3, -0.25) is 9.48 Å². The highest BCUT2D eigenvalue weighted by Crippen LogP contribution is 2.39. The molecule has 0 saturated carbocycles. The molecule has 32 heavy (non-hydrogen) atoms. The molecule has 1 aromatic heterocycles. The summed E-state index contributed by atoms with van der Waals surface area (Å²) in [7, 11) is 0. The van der Waals surface area contributed by atoms with Crippen LogP contribution < -0.4 is 11.5 Å². The summed E-state index contributed by atoms with van der Waals surface area (Å²) in [6.07, 6.45) is 0. The molecule has 1 unspecified atom stereocenters. The molecule has 162 valence electrons. The first-order valence-corrected chi connectivity index (χ1v) is 10.1. The van der Waals surface area contributed by atoms with E-state index in [0.717, 1.165) is 0 Å². The molecular formula is C21H15Cl2FN6O2. The summed E-state index contributed by atoms with van der Waals surface area (Å²) in [4.78, 5) is 26.2. The number of aromatic nitrogens is 2. The number of benzene rings is 2. The van der Waals surface area contributed by atoms with Crippen LogP contribution in [0.4, 0.5) is 9.18 Å². The van der Waals surface area contributed by atoms with Gasteiger partial charge in [0.25, 0.3) is 5.91 Å². The van der Waals surface area contributed by atoms with Crippen molar-refractivity contribution in [2.24, 2.45) is 11.5 Å². The summed E-state index contributed by atoms with van der Waals surface area (Å²) in [5.74, 6) is -1.60. The average molecular weight is 473 g/mol. The lowest BCUT2D eigenvalue weighted by molar-refractivity contribution is 0.0995. The minimum absolute atomic E-state index is 0.0315. The molecule has 0 radical (unpaired) electrons. The number of carbonyl (C=O) groups excluding carboxylic acids is 2. The largest absolute Gasteiger partial charge is 0.365 e. The molecular weight excluding hydrogens is 458 g/mol. The molecule has 11 heteroatoms. The molecule has 2 aromatic carbocycles. The number of halogens is 3. The molecule has 0 spiro atoms. The van der Waals surface area contributed by atoms with Crippen LogP contribution in [0, 0.1) is 17.1 Å². The van der Waals surface area contributed by atoms with Crippen molar-refractivity contribution in [3.63, 3.8) is 0 Å². The normalized spacial score (nSPS) is 15.2. The molecule has 3 aromatic rings. The van der Waals surface area contributed by atoms with E-state index in [4.69, 9.17) is 39.9 Å². The molecule has 1 aliphatic rings. The van der Waals surface area contributed by atoms with E-state index in [0.29, 0.717) is 22.4 Å². The van der Waals surface area contributed by atoms with E-state index in [1.807, 2.05) is 6.07 Å². The molecule has 2 heterocycles. The quantitative estimate of drug-likeness (QED) is 0.564. The molecule has 8 nitrogen and oxygen atoms in total. The second kappa shape index (κ2) is 8.15. The van der Waals surface area contributed by atoms with Gasteiger partial charge in [-0.15, -0.1) is 0 Å². The molecule has 3 amide bonds. The first-order chi connectivity index (χ1) is 15.2. The highest BCUT2D eigenvalue weighted by Gasteiger charge is 2.38. The Morgan fingerprint density at radius 1 is 1.12 bits per heavy atom. The van der Waals surface area contributed by atoms with Gasteiger partial charge in [-0.1, -0.05) is 35.3 Å². The maximum Gasteiger partial charge on any atom is 0.315 e. The standard InChI is InChI=1S/C21H15Cl2FN6O2/c22-13-7-12(8-14(23)16(13)24)17-15(20(26)31)19-18(11-3-1-10(9-25)2-4-11)29(21(27)32)5-6-30(19)28-17/h1-4,7-8,18H,5-6H2,(H2,26,31)(H2,27,32). The van der Waals surface area contributed by atoms with E-state index in [9.17, 15) is 14.0 Å². The molecule has 0 bridgehead atoms. The van der Waals surface area contributed by atoms with E-state index in [1.54, 1.807) is 28.9 Å². The summed E-state index contributed by atoms with van der Waals surface area (Å²) in [5, 5.41) is 13.1. The predicted molar refractivity (Wildman–Crippen MR) is 115 cm³/mol. The number of nitrogens with two attached hydrogens (primary N) is 2. The van der Waals surface area contributed by atoms with Gasteiger partial charge in [0, 0.05) is 12.1 Å². The Kier molecular flexibility index (Phi) is 5.50. The molecule has 0 fully saturated rings. The Labute approximate surface area is 191 Å². The van der Waals surface area contributed by atoms with Crippen LogP contribution in [0.15, 0.2) is 36.4 Å². The number of rotatable bonds is 3. The molecule has 0 saturated heterocycles. The Balaban J connectivity index is 1.98. The zero-order chi connectivity index (χ0) is 23.2. The molecule has 1 atom stereocenters. The number of primary amides is 2. The van der Waals surface area contributed by atoms with Gasteiger partial charge in [0.2, 0.25) is 0 Å². The Morgan fingerprint density at radius 3 is 2.28 bits per heavy atom. The number of amides is 3. The van der Waals surface area contributed by atoms with Crippen molar-refractivity contribution in [1.29, 1.82) is 5.26 Å². The summed E-state index contributed by atoms with van der Waals surface area (Å²) < 4.78 is 15.5. The lowest BCUT2D eigenvalue weighted by Gasteiger charge is -2.35. The first kappa shape index (κ1) is 21.6. The summed E-state index contributed by atoms with van der Waals surface area (Å²) in [5.41, 5.74) is 13.2. The van der Waals surface area contributed by atoms with Crippen LogP contribution >= 0.6 is 23.2 Å². The monoisotopic (exact) mass is 472 g/mol. The van der Waals surface area contributed by atoms with E-state index < -0.39 is 23.8 Å². The number of carbonyl (C=O) groups is 2. The van der Waals surface area contributed by atoms with Gasteiger partial charge in [0.05, 0.1) is 39.5 Å². The average Bonchev–Trinajstić information content (AvgIpc) is 3.16. The maximum absolute atomic E-state index is 13.9. The molecule has 0 aliphatic carbocycles. The lowest BCUT2D eigenvalue weighted by atomic mass is 9.94. The third-order valence-electron chi connectivity index (χ3n) is 5.26. The molecule has 4 rings (SSSR count). The van der Waals surface area contributed by atoms with E-state index in [-0.39, 0.29) is 34.4 Å². The summed E-state index contributed by atoms with van der Waals surface area (Å²) in [6.45, 7) is 0.464. The van der Waals surface area contributed by atoms with Crippen LogP contribution in [0.1, 0.15) is 33.2 Å². The third-order valence-corrected chi connectivity index (χ3v) is 5.81. The zero-order valence-corrected chi connectivity index (χ0v) is 17.9. The number of hydrogen-bond donors (Lipinski definition) is 2. The first-order valence-electron chi connectivity index (χ1n) is 9.34. The molecule has 4 N–H and O–H groups in total. The van der Waals surface area contributed by atoms with Crippen molar-refractivity contribution >= 4 is 35.1 Å². The minimum atomic E-state index is -0.803. The molecule has 1 aliphatic heterocycles. The fraction of sp³-hybridized carbons (Fsp3) is 0.143. The maximum atomic E-state index is 13.9. The minimum Gasteiger partial charge on any atom is -0.365 e. The van der Waals surface area contributed by atoms with Crippen molar-refractivity contribution < 1.29 is 14.0 Å². The van der Waals surface area contributed by atoms with Crippen LogP contribution in [0.5, 0.6) is 0 Å². The fourth-order valence-electron chi connectivity index (χ4n) is 3.85. The lowest BCUT2D eigenvalue weighted by Crippen LogP contribution is -2.46. The van der Waals surface area contributed by atoms with Gasteiger partial charge in [-0.2, -0.15) is 10.4 Å². The van der Waals surface area contributed by atoms with E-state index >= 15 is 0 Å². The van der Waals surface area contributed by atoms with E-state index in [2.05, 4.69) is 5.10 Å². The second-order valence-electron chi connectivity index (χ2n) is 7.12. The number of fused-ring (bicyclic) bond motifs is 1. The van der Waals surface area contributed by atoms with Crippen LogP contribution in [-0.2, 0) is 6.54 Å². The topological polar surface area (TPSA) is 131 Å². The predicted octanol–water partition coefficient (Wildman–Crippen LogP) is 3.45. The van der Waals surface area contributed by atoms with Crippen LogP contribution in [0.2, 0.25) is 10.0 Å². The SMILES string of the molecule is N#Cc1ccc(C2c3c(C(N)=O)c(-c4cc(Cl)c(F)c(Cl)c4)nn3CCN2C(N)=O)cc1. The van der Waals surface area contributed by atoms with Crippen molar-refractivity contribution in [1.82, 2.24) is 14.7 Å². The number of nitriles is 1. The smallest absolute Gasteiger partial charge is 0.315 e. The third kappa shape index (κ3) is 3.53.